The van der Waals surface area contributed by atoms with Crippen LogP contribution in [0.3, 0.4) is 0 Å². The number of carbonyl (C=O) groups is 2. The van der Waals surface area contributed by atoms with Crippen molar-refractivity contribution in [1.82, 2.24) is 19.8 Å². The Morgan fingerprint density at radius 1 is 0.867 bits per heavy atom. The van der Waals surface area contributed by atoms with Crippen molar-refractivity contribution >= 4 is 44.8 Å². The summed E-state index contributed by atoms with van der Waals surface area (Å²) in [5, 5.41) is 4.40. The molecule has 0 unspecified atom stereocenters. The summed E-state index contributed by atoms with van der Waals surface area (Å²) in [4.78, 5) is 31.1. The minimum absolute atomic E-state index is 0.351. The fourth-order valence-electron chi connectivity index (χ4n) is 4.19. The standard InChI is InChI=1S/C24H22N4O2/c1-27(2)11-12-28-14-18(16-8-4-6-10-20(16)28)22-21(23(29)26-24(22)30)17-13-25-19-9-5-3-7-15(17)19/h3-10,13-14,25H,11-12H2,1-2H3,(H,26,29,30). The highest BCUT2D eigenvalue weighted by molar-refractivity contribution is 6.50. The average molecular weight is 398 g/mol. The van der Waals surface area contributed by atoms with Crippen LogP contribution in [0.4, 0.5) is 0 Å². The highest BCUT2D eigenvalue weighted by Crippen LogP contribution is 2.38. The maximum atomic E-state index is 12.9. The van der Waals surface area contributed by atoms with E-state index < -0.39 is 0 Å². The lowest BCUT2D eigenvalue weighted by Crippen LogP contribution is -2.22. The number of nitrogens with one attached hydrogen (secondary N) is 2. The van der Waals surface area contributed by atoms with Gasteiger partial charge < -0.3 is 14.5 Å². The van der Waals surface area contributed by atoms with E-state index in [0.29, 0.717) is 11.1 Å². The van der Waals surface area contributed by atoms with Crippen molar-refractivity contribution in [2.75, 3.05) is 20.6 Å². The molecule has 0 saturated heterocycles. The fourth-order valence-corrected chi connectivity index (χ4v) is 4.19. The molecule has 2 N–H and O–H groups in total. The number of fused-ring (bicyclic) bond motifs is 2. The van der Waals surface area contributed by atoms with Crippen molar-refractivity contribution in [2.45, 2.75) is 6.54 Å². The van der Waals surface area contributed by atoms with Crippen molar-refractivity contribution in [1.29, 1.82) is 0 Å². The maximum Gasteiger partial charge on any atom is 0.259 e. The van der Waals surface area contributed by atoms with Crippen LogP contribution in [0, 0.1) is 0 Å². The number of para-hydroxylation sites is 2. The molecule has 150 valence electrons. The molecule has 0 aliphatic carbocycles. The van der Waals surface area contributed by atoms with Gasteiger partial charge in [-0.3, -0.25) is 14.9 Å². The molecule has 4 aromatic rings. The molecule has 6 nitrogen and oxygen atoms in total. The number of amides is 2. The van der Waals surface area contributed by atoms with Crippen LogP contribution in [-0.2, 0) is 16.1 Å². The summed E-state index contributed by atoms with van der Waals surface area (Å²) in [5.41, 5.74) is 4.37. The van der Waals surface area contributed by atoms with E-state index in [4.69, 9.17) is 0 Å². The molecule has 0 bridgehead atoms. The summed E-state index contributed by atoms with van der Waals surface area (Å²) in [6, 6.07) is 15.8. The van der Waals surface area contributed by atoms with Gasteiger partial charge in [0, 0.05) is 58.4 Å². The van der Waals surface area contributed by atoms with E-state index in [0.717, 1.165) is 46.0 Å². The van der Waals surface area contributed by atoms with Gasteiger partial charge in [-0.2, -0.15) is 0 Å². The first kappa shape index (κ1) is 18.4. The number of rotatable bonds is 5. The van der Waals surface area contributed by atoms with Crippen molar-refractivity contribution in [3.8, 4) is 0 Å². The monoisotopic (exact) mass is 398 g/mol. The number of likely N-dealkylation sites (N-methyl/N-ethyl adjacent to an activating group) is 1. The highest BCUT2D eigenvalue weighted by atomic mass is 16.2. The molecule has 0 spiro atoms. The molecule has 0 fully saturated rings. The molecule has 3 heterocycles. The third-order valence-electron chi connectivity index (χ3n) is 5.64. The van der Waals surface area contributed by atoms with Gasteiger partial charge in [0.25, 0.3) is 11.8 Å². The van der Waals surface area contributed by atoms with Crippen molar-refractivity contribution in [3.05, 3.63) is 72.1 Å². The minimum Gasteiger partial charge on any atom is -0.361 e. The smallest absolute Gasteiger partial charge is 0.259 e. The van der Waals surface area contributed by atoms with Crippen LogP contribution in [0.25, 0.3) is 33.0 Å². The van der Waals surface area contributed by atoms with Gasteiger partial charge in [-0.25, -0.2) is 0 Å². The quantitative estimate of drug-likeness (QED) is 0.507. The number of carbonyl (C=O) groups excluding carboxylic acids is 2. The second kappa shape index (κ2) is 7.00. The van der Waals surface area contributed by atoms with Gasteiger partial charge in [0.1, 0.15) is 0 Å². The van der Waals surface area contributed by atoms with E-state index in [1.807, 2.05) is 69.0 Å². The highest BCUT2D eigenvalue weighted by Gasteiger charge is 2.34. The first-order valence-corrected chi connectivity index (χ1v) is 9.94. The Morgan fingerprint density at radius 3 is 2.30 bits per heavy atom. The summed E-state index contributed by atoms with van der Waals surface area (Å²) in [5.74, 6) is -0.708. The molecule has 1 aliphatic heterocycles. The van der Waals surface area contributed by atoms with Crippen LogP contribution in [0.15, 0.2) is 60.9 Å². The summed E-state index contributed by atoms with van der Waals surface area (Å²) < 4.78 is 2.15. The van der Waals surface area contributed by atoms with Gasteiger partial charge in [-0.1, -0.05) is 36.4 Å². The molecular weight excluding hydrogens is 376 g/mol. The van der Waals surface area contributed by atoms with Gasteiger partial charge in [-0.15, -0.1) is 0 Å². The lowest BCUT2D eigenvalue weighted by molar-refractivity contribution is -0.122. The number of nitrogens with zero attached hydrogens (tertiary/aromatic N) is 2. The lowest BCUT2D eigenvalue weighted by atomic mass is 9.95. The van der Waals surface area contributed by atoms with E-state index in [-0.39, 0.29) is 11.8 Å². The van der Waals surface area contributed by atoms with Crippen LogP contribution >= 0.6 is 0 Å². The molecule has 1 aliphatic rings. The van der Waals surface area contributed by atoms with E-state index >= 15 is 0 Å². The number of aromatic amines is 1. The van der Waals surface area contributed by atoms with Gasteiger partial charge >= 0.3 is 0 Å². The summed E-state index contributed by atoms with van der Waals surface area (Å²) in [7, 11) is 4.07. The van der Waals surface area contributed by atoms with Crippen LogP contribution in [0.5, 0.6) is 0 Å². The Bertz CT molecular complexity index is 1340. The summed E-state index contributed by atoms with van der Waals surface area (Å²) in [6.07, 6.45) is 3.81. The van der Waals surface area contributed by atoms with Gasteiger partial charge in [0.05, 0.1) is 11.1 Å². The van der Waals surface area contributed by atoms with Crippen LogP contribution in [0.1, 0.15) is 11.1 Å². The zero-order valence-electron chi connectivity index (χ0n) is 16.9. The number of H-pyrrole nitrogens is 1. The van der Waals surface area contributed by atoms with Crippen molar-refractivity contribution < 1.29 is 9.59 Å². The molecule has 2 aromatic heterocycles. The third-order valence-corrected chi connectivity index (χ3v) is 5.64. The van der Waals surface area contributed by atoms with Crippen molar-refractivity contribution in [3.63, 3.8) is 0 Å². The normalized spacial score (nSPS) is 14.5. The van der Waals surface area contributed by atoms with Crippen molar-refractivity contribution in [2.24, 2.45) is 0 Å². The number of hydrogen-bond donors (Lipinski definition) is 2. The maximum absolute atomic E-state index is 12.9. The second-order valence-electron chi connectivity index (χ2n) is 7.84. The van der Waals surface area contributed by atoms with Crippen LogP contribution in [-0.4, -0.2) is 46.9 Å². The predicted octanol–water partition coefficient (Wildman–Crippen LogP) is 3.25. The number of benzene rings is 2. The molecule has 5 rings (SSSR count). The summed E-state index contributed by atoms with van der Waals surface area (Å²) in [6.45, 7) is 1.66. The van der Waals surface area contributed by atoms with Gasteiger partial charge in [0.2, 0.25) is 0 Å². The Labute approximate surface area is 173 Å². The minimum atomic E-state index is -0.357. The van der Waals surface area contributed by atoms with E-state index in [1.165, 1.54) is 0 Å². The zero-order valence-corrected chi connectivity index (χ0v) is 16.9. The molecule has 30 heavy (non-hydrogen) atoms. The Balaban J connectivity index is 1.76. The average Bonchev–Trinajstić information content (AvgIpc) is 3.39. The van der Waals surface area contributed by atoms with Crippen LogP contribution < -0.4 is 5.32 Å². The first-order chi connectivity index (χ1) is 14.5. The second-order valence-corrected chi connectivity index (χ2v) is 7.84. The fraction of sp³-hybridized carbons (Fsp3) is 0.167. The van der Waals surface area contributed by atoms with Crippen LogP contribution in [0.2, 0.25) is 0 Å². The predicted molar refractivity (Wildman–Crippen MR) is 119 cm³/mol. The Morgan fingerprint density at radius 2 is 1.53 bits per heavy atom. The SMILES string of the molecule is CN(C)CCn1cc(C2=C(c3c[nH]c4ccccc34)C(=O)NC2=O)c2ccccc21. The molecule has 2 amide bonds. The Hall–Kier alpha value is -3.64. The largest absolute Gasteiger partial charge is 0.361 e. The number of imide groups is 1. The van der Waals surface area contributed by atoms with E-state index in [2.05, 4.69) is 25.8 Å². The summed E-state index contributed by atoms with van der Waals surface area (Å²) >= 11 is 0. The molecule has 2 aromatic carbocycles. The Kier molecular flexibility index (Phi) is 4.29. The van der Waals surface area contributed by atoms with Gasteiger partial charge in [0.15, 0.2) is 0 Å². The van der Waals surface area contributed by atoms with E-state index in [9.17, 15) is 9.59 Å². The molecule has 0 radical (unpaired) electrons. The molecular formula is C24H22N4O2. The number of aromatic nitrogens is 2. The topological polar surface area (TPSA) is 70.1 Å². The molecule has 0 saturated carbocycles. The molecule has 0 atom stereocenters. The number of hydrogen-bond acceptors (Lipinski definition) is 3. The molecule has 6 heteroatoms. The third kappa shape index (κ3) is 2.84. The lowest BCUT2D eigenvalue weighted by Gasteiger charge is -2.10. The zero-order chi connectivity index (χ0) is 20.8. The van der Waals surface area contributed by atoms with E-state index in [1.54, 1.807) is 0 Å². The van der Waals surface area contributed by atoms with Gasteiger partial charge in [-0.05, 0) is 26.2 Å². The first-order valence-electron chi connectivity index (χ1n) is 9.94.